The number of hydrogen-bond acceptors (Lipinski definition) is 5. The third-order valence-corrected chi connectivity index (χ3v) is 8.33. The highest BCUT2D eigenvalue weighted by molar-refractivity contribution is 7.89. The predicted octanol–water partition coefficient (Wildman–Crippen LogP) is 4.03. The number of hydrogen-bond donors (Lipinski definition) is 1. The fraction of sp³-hybridized carbons (Fsp3) is 0.458. The molecule has 2 aromatic rings. The van der Waals surface area contributed by atoms with E-state index >= 15 is 0 Å². The van der Waals surface area contributed by atoms with Gasteiger partial charge in [-0.25, -0.2) is 8.42 Å². The molecule has 2 heterocycles. The molecule has 1 N–H and O–H groups in total. The van der Waals surface area contributed by atoms with Crippen LogP contribution in [0.3, 0.4) is 0 Å². The Balaban J connectivity index is 1.40. The van der Waals surface area contributed by atoms with E-state index in [9.17, 15) is 13.2 Å². The quantitative estimate of drug-likeness (QED) is 0.658. The van der Waals surface area contributed by atoms with Gasteiger partial charge in [0.2, 0.25) is 15.9 Å². The molecule has 2 aliphatic heterocycles. The fourth-order valence-corrected chi connectivity index (χ4v) is 5.87. The molecule has 0 radical (unpaired) electrons. The lowest BCUT2D eigenvalue weighted by Gasteiger charge is -2.32. The number of sulfonamides is 1. The average molecular weight is 493 g/mol. The highest BCUT2D eigenvalue weighted by Gasteiger charge is 2.33. The van der Waals surface area contributed by atoms with Crippen molar-refractivity contribution in [3.8, 4) is 11.5 Å². The highest BCUT2D eigenvalue weighted by atomic mass is 35.5. The third-order valence-electron chi connectivity index (χ3n) is 6.17. The molecule has 4 rings (SSSR count). The standard InChI is InChI=1S/C24H29ClN2O5S/c1-16(2)23(18-3-8-21-22(15-18)32-14-13-31-21)26-24(28)17-9-11-27(12-10-17)33(29,30)20-6-4-19(25)5-7-20/h3-8,15-17,23H,9-14H2,1-2H3,(H,26,28)/t23-/m0/s1. The molecule has 0 spiro atoms. The van der Waals surface area contributed by atoms with Crippen molar-refractivity contribution in [3.63, 3.8) is 0 Å². The van der Waals surface area contributed by atoms with E-state index in [4.69, 9.17) is 21.1 Å². The van der Waals surface area contributed by atoms with E-state index in [0.717, 1.165) is 5.56 Å². The van der Waals surface area contributed by atoms with Crippen LogP contribution < -0.4 is 14.8 Å². The van der Waals surface area contributed by atoms with Crippen LogP contribution in [-0.2, 0) is 14.8 Å². The van der Waals surface area contributed by atoms with Crippen molar-refractivity contribution in [2.45, 2.75) is 37.6 Å². The summed E-state index contributed by atoms with van der Waals surface area (Å²) >= 11 is 5.88. The smallest absolute Gasteiger partial charge is 0.243 e. The maximum atomic E-state index is 13.1. The van der Waals surface area contributed by atoms with Crippen LogP contribution in [0, 0.1) is 11.8 Å². The number of rotatable bonds is 6. The number of ether oxygens (including phenoxy) is 2. The van der Waals surface area contributed by atoms with E-state index in [2.05, 4.69) is 19.2 Å². The van der Waals surface area contributed by atoms with Gasteiger partial charge < -0.3 is 14.8 Å². The summed E-state index contributed by atoms with van der Waals surface area (Å²) in [6.07, 6.45) is 0.954. The summed E-state index contributed by atoms with van der Waals surface area (Å²) in [7, 11) is -3.60. The van der Waals surface area contributed by atoms with Gasteiger partial charge in [-0.05, 0) is 60.7 Å². The van der Waals surface area contributed by atoms with E-state index in [0.29, 0.717) is 55.7 Å². The lowest BCUT2D eigenvalue weighted by atomic mass is 9.92. The van der Waals surface area contributed by atoms with Crippen LogP contribution in [0.1, 0.15) is 38.3 Å². The maximum absolute atomic E-state index is 13.1. The van der Waals surface area contributed by atoms with Crippen molar-refractivity contribution in [2.24, 2.45) is 11.8 Å². The summed E-state index contributed by atoms with van der Waals surface area (Å²) in [6, 6.07) is 11.8. The Morgan fingerprint density at radius 3 is 2.30 bits per heavy atom. The molecule has 0 unspecified atom stereocenters. The number of piperidine rings is 1. The molecule has 9 heteroatoms. The van der Waals surface area contributed by atoms with Gasteiger partial charge in [0.15, 0.2) is 11.5 Å². The molecule has 1 saturated heterocycles. The van der Waals surface area contributed by atoms with E-state index in [-0.39, 0.29) is 28.7 Å². The molecule has 1 atom stereocenters. The van der Waals surface area contributed by atoms with Gasteiger partial charge in [-0.15, -0.1) is 0 Å². The monoisotopic (exact) mass is 492 g/mol. The highest BCUT2D eigenvalue weighted by Crippen LogP contribution is 2.35. The van der Waals surface area contributed by atoms with Crippen LogP contribution in [0.25, 0.3) is 0 Å². The second-order valence-corrected chi connectivity index (χ2v) is 11.1. The summed E-state index contributed by atoms with van der Waals surface area (Å²) in [4.78, 5) is 13.3. The van der Waals surface area contributed by atoms with Gasteiger partial charge in [0.05, 0.1) is 10.9 Å². The molecule has 0 aliphatic carbocycles. The molecule has 1 amide bonds. The topological polar surface area (TPSA) is 84.9 Å². The van der Waals surface area contributed by atoms with Crippen LogP contribution in [0.2, 0.25) is 5.02 Å². The molecular weight excluding hydrogens is 464 g/mol. The van der Waals surface area contributed by atoms with Crippen molar-refractivity contribution >= 4 is 27.5 Å². The molecule has 0 aromatic heterocycles. The van der Waals surface area contributed by atoms with Gasteiger partial charge in [0, 0.05) is 24.0 Å². The predicted molar refractivity (Wildman–Crippen MR) is 126 cm³/mol. The summed E-state index contributed by atoms with van der Waals surface area (Å²) in [6.45, 7) is 5.76. The molecule has 2 aromatic carbocycles. The van der Waals surface area contributed by atoms with Crippen molar-refractivity contribution < 1.29 is 22.7 Å². The molecule has 33 heavy (non-hydrogen) atoms. The summed E-state index contributed by atoms with van der Waals surface area (Å²) in [5.74, 6) is 1.29. The number of nitrogens with zero attached hydrogens (tertiary/aromatic N) is 1. The largest absolute Gasteiger partial charge is 0.486 e. The van der Waals surface area contributed by atoms with Gasteiger partial charge in [-0.2, -0.15) is 4.31 Å². The Labute approximate surface area is 200 Å². The Kier molecular flexibility index (Phi) is 7.16. The number of carbonyl (C=O) groups is 1. The first kappa shape index (κ1) is 23.9. The fourth-order valence-electron chi connectivity index (χ4n) is 4.27. The third kappa shape index (κ3) is 5.28. The van der Waals surface area contributed by atoms with Gasteiger partial charge >= 0.3 is 0 Å². The second kappa shape index (κ2) is 9.91. The molecule has 1 fully saturated rings. The van der Waals surface area contributed by atoms with Crippen LogP contribution in [0.5, 0.6) is 11.5 Å². The molecule has 0 bridgehead atoms. The zero-order chi connectivity index (χ0) is 23.6. The number of amides is 1. The minimum Gasteiger partial charge on any atom is -0.486 e. The van der Waals surface area contributed by atoms with Gasteiger partial charge in [-0.1, -0.05) is 31.5 Å². The first-order valence-electron chi connectivity index (χ1n) is 11.2. The first-order valence-corrected chi connectivity index (χ1v) is 13.0. The number of benzene rings is 2. The number of nitrogens with one attached hydrogen (secondary N) is 1. The Hall–Kier alpha value is -2.29. The molecular formula is C24H29ClN2O5S. The SMILES string of the molecule is CC(C)[C@H](NC(=O)C1CCN(S(=O)(=O)c2ccc(Cl)cc2)CC1)c1ccc2c(c1)OCCO2. The van der Waals surface area contributed by atoms with Crippen molar-refractivity contribution in [3.05, 3.63) is 53.1 Å². The van der Waals surface area contributed by atoms with Gasteiger partial charge in [0.1, 0.15) is 13.2 Å². The zero-order valence-electron chi connectivity index (χ0n) is 18.8. The zero-order valence-corrected chi connectivity index (χ0v) is 20.4. The summed E-state index contributed by atoms with van der Waals surface area (Å²) in [5.41, 5.74) is 0.963. The van der Waals surface area contributed by atoms with E-state index in [1.807, 2.05) is 18.2 Å². The molecule has 2 aliphatic rings. The normalized spacial score (nSPS) is 18.2. The number of fused-ring (bicyclic) bond motifs is 1. The van der Waals surface area contributed by atoms with E-state index < -0.39 is 10.0 Å². The van der Waals surface area contributed by atoms with Crippen LogP contribution in [0.4, 0.5) is 0 Å². The lowest BCUT2D eigenvalue weighted by Crippen LogP contribution is -2.44. The maximum Gasteiger partial charge on any atom is 0.243 e. The van der Waals surface area contributed by atoms with Crippen LogP contribution in [0.15, 0.2) is 47.4 Å². The minimum atomic E-state index is -3.60. The van der Waals surface area contributed by atoms with Gasteiger partial charge in [-0.3, -0.25) is 4.79 Å². The second-order valence-electron chi connectivity index (χ2n) is 8.77. The molecule has 178 valence electrons. The minimum absolute atomic E-state index is 0.0490. The van der Waals surface area contributed by atoms with E-state index in [1.165, 1.54) is 16.4 Å². The van der Waals surface area contributed by atoms with Crippen LogP contribution >= 0.6 is 11.6 Å². The number of carbonyl (C=O) groups excluding carboxylic acids is 1. The number of halogens is 1. The van der Waals surface area contributed by atoms with Crippen molar-refractivity contribution in [2.75, 3.05) is 26.3 Å². The average Bonchev–Trinajstić information content (AvgIpc) is 2.82. The Bertz CT molecular complexity index is 1100. The molecule has 0 saturated carbocycles. The van der Waals surface area contributed by atoms with E-state index in [1.54, 1.807) is 12.1 Å². The van der Waals surface area contributed by atoms with Gasteiger partial charge in [0.25, 0.3) is 0 Å². The summed E-state index contributed by atoms with van der Waals surface area (Å²) in [5, 5.41) is 3.67. The molecule has 7 nitrogen and oxygen atoms in total. The van der Waals surface area contributed by atoms with Crippen molar-refractivity contribution in [1.29, 1.82) is 0 Å². The van der Waals surface area contributed by atoms with Crippen molar-refractivity contribution in [1.82, 2.24) is 9.62 Å². The Morgan fingerprint density at radius 2 is 1.67 bits per heavy atom. The lowest BCUT2D eigenvalue weighted by molar-refractivity contribution is -0.127. The Morgan fingerprint density at radius 1 is 1.03 bits per heavy atom. The first-order chi connectivity index (χ1) is 15.8. The summed E-state index contributed by atoms with van der Waals surface area (Å²) < 4.78 is 38.5. The van der Waals surface area contributed by atoms with Crippen LogP contribution in [-0.4, -0.2) is 44.9 Å².